The summed E-state index contributed by atoms with van der Waals surface area (Å²) in [4.78, 5) is 13.0. The van der Waals surface area contributed by atoms with Crippen LogP contribution in [0, 0.1) is 5.82 Å². The van der Waals surface area contributed by atoms with Crippen LogP contribution in [0.1, 0.15) is 30.4 Å². The van der Waals surface area contributed by atoms with Crippen LogP contribution >= 0.6 is 0 Å². The fourth-order valence-electron chi connectivity index (χ4n) is 4.88. The van der Waals surface area contributed by atoms with E-state index in [4.69, 9.17) is 4.42 Å². The molecule has 0 radical (unpaired) electrons. The molecule has 6 rings (SSSR count). The van der Waals surface area contributed by atoms with Crippen LogP contribution in [0.15, 0.2) is 64.4 Å². The zero-order valence-electron chi connectivity index (χ0n) is 21.2. The van der Waals surface area contributed by atoms with Crippen LogP contribution < -0.4 is 0 Å². The maximum Gasteiger partial charge on any atom is 0.420 e. The van der Waals surface area contributed by atoms with Crippen molar-refractivity contribution in [2.24, 2.45) is 12.0 Å². The van der Waals surface area contributed by atoms with Gasteiger partial charge in [-0.25, -0.2) is 9.37 Å². The first-order valence-electron chi connectivity index (χ1n) is 12.5. The molecule has 204 valence electrons. The van der Waals surface area contributed by atoms with Crippen LogP contribution in [0.25, 0.3) is 45.2 Å². The molecule has 3 aromatic heterocycles. The van der Waals surface area contributed by atoms with Gasteiger partial charge in [-0.2, -0.15) is 13.2 Å². The number of rotatable bonds is 5. The van der Waals surface area contributed by atoms with Crippen molar-refractivity contribution in [3.8, 4) is 34.1 Å². The second kappa shape index (κ2) is 9.94. The number of aliphatic hydroxyl groups excluding tert-OH is 1. The van der Waals surface area contributed by atoms with Crippen molar-refractivity contribution in [2.75, 3.05) is 0 Å². The standard InChI is InChI=1S/C28H22F4N6O2/c1-38-14-35-37-26(38)19-12-17(29)5-6-18(19)16-7-8-33-23(11-16)27-36-22-10-15(13-34-21-3-2-4-24(21)39)9-20(25(22)40-27)28(30,31)32/h5-12,14,24,39H,2-4,13H2,1H3/t24-/m0/s1. The Balaban J connectivity index is 1.42. The molecule has 2 aromatic carbocycles. The first-order valence-corrected chi connectivity index (χ1v) is 12.5. The molecule has 1 aliphatic carbocycles. The highest BCUT2D eigenvalue weighted by Crippen LogP contribution is 2.39. The lowest BCUT2D eigenvalue weighted by molar-refractivity contribution is -0.136. The van der Waals surface area contributed by atoms with Crippen LogP contribution in [0.2, 0.25) is 0 Å². The minimum atomic E-state index is -4.69. The molecular weight excluding hydrogens is 528 g/mol. The molecule has 0 aliphatic heterocycles. The number of oxazole rings is 1. The number of aliphatic hydroxyl groups is 1. The molecule has 12 heteroatoms. The number of aryl methyl sites for hydroxylation is 1. The van der Waals surface area contributed by atoms with Crippen molar-refractivity contribution >= 4 is 16.8 Å². The minimum absolute atomic E-state index is 0.0146. The van der Waals surface area contributed by atoms with Crippen molar-refractivity contribution in [3.05, 3.63) is 71.9 Å². The van der Waals surface area contributed by atoms with E-state index >= 15 is 0 Å². The predicted octanol–water partition coefficient (Wildman–Crippen LogP) is 6.00. The predicted molar refractivity (Wildman–Crippen MR) is 139 cm³/mol. The molecular formula is C28H22F4N6O2. The summed E-state index contributed by atoms with van der Waals surface area (Å²) < 4.78 is 63.5. The van der Waals surface area contributed by atoms with E-state index in [1.807, 2.05) is 0 Å². The quantitative estimate of drug-likeness (QED) is 0.270. The molecule has 1 N–H and O–H groups in total. The Bertz CT molecular complexity index is 1760. The lowest BCUT2D eigenvalue weighted by atomic mass is 9.99. The number of aromatic nitrogens is 5. The van der Waals surface area contributed by atoms with E-state index in [2.05, 4.69) is 25.2 Å². The lowest BCUT2D eigenvalue weighted by Gasteiger charge is -2.10. The number of fused-ring (bicyclic) bond motifs is 1. The maximum atomic E-state index is 14.2. The van der Waals surface area contributed by atoms with E-state index < -0.39 is 29.2 Å². The highest BCUT2D eigenvalue weighted by molar-refractivity contribution is 5.90. The summed E-state index contributed by atoms with van der Waals surface area (Å²) >= 11 is 0. The topological polar surface area (TPSA) is 102 Å². The molecule has 40 heavy (non-hydrogen) atoms. The van der Waals surface area contributed by atoms with Gasteiger partial charge in [-0.1, -0.05) is 6.07 Å². The van der Waals surface area contributed by atoms with Gasteiger partial charge in [-0.3, -0.25) is 9.98 Å². The van der Waals surface area contributed by atoms with Gasteiger partial charge in [-0.05, 0) is 72.4 Å². The van der Waals surface area contributed by atoms with Gasteiger partial charge in [0.1, 0.15) is 28.9 Å². The van der Waals surface area contributed by atoms with E-state index in [1.165, 1.54) is 30.7 Å². The van der Waals surface area contributed by atoms with Gasteiger partial charge in [0.25, 0.3) is 0 Å². The number of benzene rings is 2. The molecule has 0 amide bonds. The lowest BCUT2D eigenvalue weighted by Crippen LogP contribution is -2.12. The molecule has 1 fully saturated rings. The molecule has 1 aliphatic rings. The van der Waals surface area contributed by atoms with E-state index in [1.54, 1.807) is 29.8 Å². The molecule has 0 bridgehead atoms. The van der Waals surface area contributed by atoms with Gasteiger partial charge < -0.3 is 14.1 Å². The van der Waals surface area contributed by atoms with Crippen molar-refractivity contribution in [1.29, 1.82) is 0 Å². The van der Waals surface area contributed by atoms with E-state index in [-0.39, 0.29) is 23.6 Å². The second-order valence-electron chi connectivity index (χ2n) is 9.61. The van der Waals surface area contributed by atoms with Crippen LogP contribution in [-0.2, 0) is 19.8 Å². The van der Waals surface area contributed by atoms with Crippen LogP contribution in [-0.4, -0.2) is 41.7 Å². The van der Waals surface area contributed by atoms with E-state index in [9.17, 15) is 22.7 Å². The Morgan fingerprint density at radius 3 is 2.70 bits per heavy atom. The van der Waals surface area contributed by atoms with Crippen molar-refractivity contribution in [3.63, 3.8) is 0 Å². The molecule has 1 atom stereocenters. The Hall–Kier alpha value is -4.45. The average molecular weight is 551 g/mol. The average Bonchev–Trinajstić information content (AvgIpc) is 3.66. The van der Waals surface area contributed by atoms with E-state index in [0.717, 1.165) is 12.5 Å². The van der Waals surface area contributed by atoms with Crippen LogP contribution in [0.3, 0.4) is 0 Å². The largest absolute Gasteiger partial charge is 0.434 e. The number of alkyl halides is 3. The van der Waals surface area contributed by atoms with Crippen molar-refractivity contribution in [2.45, 2.75) is 38.1 Å². The molecule has 3 heterocycles. The highest BCUT2D eigenvalue weighted by Gasteiger charge is 2.35. The Morgan fingerprint density at radius 2 is 1.98 bits per heavy atom. The summed E-state index contributed by atoms with van der Waals surface area (Å²) in [6, 6.07) is 10.0. The summed E-state index contributed by atoms with van der Waals surface area (Å²) in [6.07, 6.45) is -0.362. The second-order valence-corrected chi connectivity index (χ2v) is 9.61. The number of hydrogen-bond acceptors (Lipinski definition) is 7. The number of aliphatic imine (C=N–C) groups is 1. The third-order valence-corrected chi connectivity index (χ3v) is 6.84. The number of nitrogens with zero attached hydrogens (tertiary/aromatic N) is 6. The first kappa shape index (κ1) is 25.8. The third kappa shape index (κ3) is 4.86. The fraction of sp³-hybridized carbons (Fsp3) is 0.250. The van der Waals surface area contributed by atoms with Gasteiger partial charge in [0, 0.05) is 24.5 Å². The summed E-state index contributed by atoms with van der Waals surface area (Å²) in [7, 11) is 1.73. The van der Waals surface area contributed by atoms with Crippen molar-refractivity contribution in [1.82, 2.24) is 24.7 Å². The molecule has 5 aromatic rings. The highest BCUT2D eigenvalue weighted by atomic mass is 19.4. The number of hydrogen-bond donors (Lipinski definition) is 1. The SMILES string of the molecule is Cn1cnnc1-c1cc(F)ccc1-c1ccnc(-c2nc3cc(CN=C4CCC[C@@H]4O)cc(C(F)(F)F)c3o2)c1. The molecule has 0 saturated heterocycles. The van der Waals surface area contributed by atoms with Gasteiger partial charge in [0.2, 0.25) is 5.89 Å². The summed E-state index contributed by atoms with van der Waals surface area (Å²) in [5, 5.41) is 17.9. The zero-order chi connectivity index (χ0) is 28.0. The Kier molecular flexibility index (Phi) is 6.41. The summed E-state index contributed by atoms with van der Waals surface area (Å²) in [6.45, 7) is -0.0171. The number of halogens is 4. The van der Waals surface area contributed by atoms with Gasteiger partial charge in [-0.15, -0.1) is 10.2 Å². The summed E-state index contributed by atoms with van der Waals surface area (Å²) in [5.74, 6) is -0.122. The summed E-state index contributed by atoms with van der Waals surface area (Å²) in [5.41, 5.74) is 1.43. The minimum Gasteiger partial charge on any atom is -0.434 e. The molecule has 8 nitrogen and oxygen atoms in total. The Labute approximate surface area is 225 Å². The monoisotopic (exact) mass is 550 g/mol. The third-order valence-electron chi connectivity index (χ3n) is 6.84. The fourth-order valence-corrected chi connectivity index (χ4v) is 4.88. The van der Waals surface area contributed by atoms with Crippen molar-refractivity contribution < 1.29 is 27.1 Å². The molecule has 1 saturated carbocycles. The first-order chi connectivity index (χ1) is 19.2. The zero-order valence-corrected chi connectivity index (χ0v) is 21.2. The van der Waals surface area contributed by atoms with Gasteiger partial charge in [0.15, 0.2) is 11.4 Å². The maximum absolute atomic E-state index is 14.2. The van der Waals surface area contributed by atoms with Crippen LogP contribution in [0.4, 0.5) is 17.6 Å². The number of pyridine rings is 1. The van der Waals surface area contributed by atoms with Gasteiger partial charge in [0.05, 0.1) is 12.6 Å². The smallest absolute Gasteiger partial charge is 0.420 e. The van der Waals surface area contributed by atoms with Gasteiger partial charge >= 0.3 is 6.18 Å². The molecule has 0 spiro atoms. The normalized spacial score (nSPS) is 16.9. The van der Waals surface area contributed by atoms with Crippen LogP contribution in [0.5, 0.6) is 0 Å². The molecule has 0 unspecified atom stereocenters. The Morgan fingerprint density at radius 1 is 1.12 bits per heavy atom. The van der Waals surface area contributed by atoms with E-state index in [0.29, 0.717) is 46.6 Å².